The van der Waals surface area contributed by atoms with Crippen LogP contribution in [-0.4, -0.2) is 12.6 Å². The smallest absolute Gasteiger partial charge is 0.0111 e. The van der Waals surface area contributed by atoms with Gasteiger partial charge < -0.3 is 5.32 Å². The number of nitrogens with one attached hydrogen (secondary N) is 1. The van der Waals surface area contributed by atoms with Crippen LogP contribution in [0.15, 0.2) is 41.8 Å². The maximum Gasteiger partial charge on any atom is 0.0111 e. The fourth-order valence-electron chi connectivity index (χ4n) is 2.52. The summed E-state index contributed by atoms with van der Waals surface area (Å²) in [5.74, 6) is 0. The molecule has 0 aliphatic rings. The van der Waals surface area contributed by atoms with E-state index in [1.165, 1.54) is 35.3 Å². The van der Waals surface area contributed by atoms with Crippen molar-refractivity contribution < 1.29 is 0 Å². The molecular formula is C18H25NS. The molecule has 0 amide bonds. The maximum atomic E-state index is 3.70. The van der Waals surface area contributed by atoms with Gasteiger partial charge in [0, 0.05) is 10.9 Å². The third-order valence-electron chi connectivity index (χ3n) is 3.57. The molecule has 0 bridgehead atoms. The molecule has 2 rings (SSSR count). The van der Waals surface area contributed by atoms with E-state index >= 15 is 0 Å². The van der Waals surface area contributed by atoms with E-state index in [2.05, 4.69) is 60.9 Å². The highest BCUT2D eigenvalue weighted by molar-refractivity contribution is 7.09. The molecule has 108 valence electrons. The molecule has 0 saturated heterocycles. The summed E-state index contributed by atoms with van der Waals surface area (Å²) in [4.78, 5) is 1.50. The Bertz CT molecular complexity index is 490. The number of hydrogen-bond acceptors (Lipinski definition) is 2. The van der Waals surface area contributed by atoms with E-state index in [9.17, 15) is 0 Å². The van der Waals surface area contributed by atoms with E-state index in [0.717, 1.165) is 13.0 Å². The molecule has 1 unspecified atom stereocenters. The van der Waals surface area contributed by atoms with Gasteiger partial charge in [0.15, 0.2) is 0 Å². The molecular weight excluding hydrogens is 262 g/mol. The zero-order chi connectivity index (χ0) is 14.2. The molecule has 2 aromatic rings. The van der Waals surface area contributed by atoms with Crippen molar-refractivity contribution in [2.24, 2.45) is 0 Å². The minimum absolute atomic E-state index is 0.582. The second kappa shape index (κ2) is 8.23. The van der Waals surface area contributed by atoms with Crippen LogP contribution < -0.4 is 5.32 Å². The fraction of sp³-hybridized carbons (Fsp3) is 0.444. The summed E-state index contributed by atoms with van der Waals surface area (Å²) in [5.41, 5.74) is 2.81. The topological polar surface area (TPSA) is 12.0 Å². The first-order chi connectivity index (χ1) is 9.78. The Morgan fingerprint density at radius 1 is 1.20 bits per heavy atom. The molecule has 1 atom stereocenters. The monoisotopic (exact) mass is 287 g/mol. The van der Waals surface area contributed by atoms with Crippen molar-refractivity contribution in [2.75, 3.05) is 6.54 Å². The Morgan fingerprint density at radius 2 is 2.10 bits per heavy atom. The SMILES string of the molecule is CCCNC(CCc1cccs1)Cc1cccc(C)c1. The van der Waals surface area contributed by atoms with Crippen LogP contribution in [0.3, 0.4) is 0 Å². The summed E-state index contributed by atoms with van der Waals surface area (Å²) in [6, 6.07) is 13.9. The summed E-state index contributed by atoms with van der Waals surface area (Å²) in [5, 5.41) is 5.88. The molecule has 1 nitrogen and oxygen atoms in total. The largest absolute Gasteiger partial charge is 0.314 e. The van der Waals surface area contributed by atoms with Crippen LogP contribution in [0.5, 0.6) is 0 Å². The van der Waals surface area contributed by atoms with Gasteiger partial charge in [0.25, 0.3) is 0 Å². The molecule has 1 heterocycles. The van der Waals surface area contributed by atoms with Gasteiger partial charge in [-0.25, -0.2) is 0 Å². The molecule has 0 saturated carbocycles. The van der Waals surface area contributed by atoms with Crippen LogP contribution in [0.25, 0.3) is 0 Å². The van der Waals surface area contributed by atoms with Gasteiger partial charge in [-0.1, -0.05) is 42.8 Å². The van der Waals surface area contributed by atoms with E-state index < -0.39 is 0 Å². The van der Waals surface area contributed by atoms with Crippen molar-refractivity contribution >= 4 is 11.3 Å². The standard InChI is InChI=1S/C18H25NS/c1-3-11-19-17(9-10-18-8-5-12-20-18)14-16-7-4-6-15(2)13-16/h4-8,12-13,17,19H,3,9-11,14H2,1-2H3. The summed E-state index contributed by atoms with van der Waals surface area (Å²) >= 11 is 1.87. The van der Waals surface area contributed by atoms with Crippen molar-refractivity contribution in [1.82, 2.24) is 5.32 Å². The van der Waals surface area contributed by atoms with Gasteiger partial charge >= 0.3 is 0 Å². The average Bonchev–Trinajstić information content (AvgIpc) is 2.95. The summed E-state index contributed by atoms with van der Waals surface area (Å²) in [6.07, 6.45) is 4.73. The predicted molar refractivity (Wildman–Crippen MR) is 89.6 cm³/mol. The number of rotatable bonds is 8. The molecule has 0 aliphatic heterocycles. The Morgan fingerprint density at radius 3 is 2.80 bits per heavy atom. The van der Waals surface area contributed by atoms with Crippen LogP contribution in [0, 0.1) is 6.92 Å². The molecule has 0 aliphatic carbocycles. The molecule has 0 spiro atoms. The molecule has 0 radical (unpaired) electrons. The van der Waals surface area contributed by atoms with E-state index in [0.29, 0.717) is 6.04 Å². The zero-order valence-corrected chi connectivity index (χ0v) is 13.4. The third kappa shape index (κ3) is 5.10. The first-order valence-electron chi connectivity index (χ1n) is 7.59. The third-order valence-corrected chi connectivity index (χ3v) is 4.50. The van der Waals surface area contributed by atoms with E-state index in [4.69, 9.17) is 0 Å². The molecule has 1 N–H and O–H groups in total. The Hall–Kier alpha value is -1.12. The second-order valence-corrected chi connectivity index (χ2v) is 6.49. The lowest BCUT2D eigenvalue weighted by Gasteiger charge is -2.18. The van der Waals surface area contributed by atoms with Crippen LogP contribution in [-0.2, 0) is 12.8 Å². The minimum atomic E-state index is 0.582. The average molecular weight is 287 g/mol. The minimum Gasteiger partial charge on any atom is -0.314 e. The van der Waals surface area contributed by atoms with Crippen molar-refractivity contribution in [1.29, 1.82) is 0 Å². The van der Waals surface area contributed by atoms with Gasteiger partial charge in [-0.05, 0) is 56.2 Å². The molecule has 0 fully saturated rings. The van der Waals surface area contributed by atoms with Gasteiger partial charge in [0.05, 0.1) is 0 Å². The van der Waals surface area contributed by atoms with Gasteiger partial charge in [0.2, 0.25) is 0 Å². The second-order valence-electron chi connectivity index (χ2n) is 5.46. The Kier molecular flexibility index (Phi) is 6.28. The number of thiophene rings is 1. The van der Waals surface area contributed by atoms with Crippen LogP contribution >= 0.6 is 11.3 Å². The number of benzene rings is 1. The van der Waals surface area contributed by atoms with Gasteiger partial charge in [0.1, 0.15) is 0 Å². The normalized spacial score (nSPS) is 12.5. The highest BCUT2D eigenvalue weighted by Gasteiger charge is 2.09. The van der Waals surface area contributed by atoms with Crippen molar-refractivity contribution in [3.63, 3.8) is 0 Å². The highest BCUT2D eigenvalue weighted by atomic mass is 32.1. The van der Waals surface area contributed by atoms with Gasteiger partial charge in [-0.3, -0.25) is 0 Å². The van der Waals surface area contributed by atoms with E-state index in [1.807, 2.05) is 11.3 Å². The Balaban J connectivity index is 1.92. The molecule has 1 aromatic carbocycles. The highest BCUT2D eigenvalue weighted by Crippen LogP contribution is 2.15. The number of aryl methyl sites for hydroxylation is 2. The zero-order valence-electron chi connectivity index (χ0n) is 12.6. The first-order valence-corrected chi connectivity index (χ1v) is 8.47. The first kappa shape index (κ1) is 15.3. The lowest BCUT2D eigenvalue weighted by Crippen LogP contribution is -2.32. The van der Waals surface area contributed by atoms with Crippen molar-refractivity contribution in [3.8, 4) is 0 Å². The van der Waals surface area contributed by atoms with E-state index in [1.54, 1.807) is 0 Å². The van der Waals surface area contributed by atoms with Crippen molar-refractivity contribution in [3.05, 3.63) is 57.8 Å². The molecule has 2 heteroatoms. The fourth-order valence-corrected chi connectivity index (χ4v) is 3.24. The summed E-state index contributed by atoms with van der Waals surface area (Å²) in [6.45, 7) is 5.51. The lowest BCUT2D eigenvalue weighted by molar-refractivity contribution is 0.479. The van der Waals surface area contributed by atoms with Crippen LogP contribution in [0.4, 0.5) is 0 Å². The van der Waals surface area contributed by atoms with Crippen LogP contribution in [0.2, 0.25) is 0 Å². The van der Waals surface area contributed by atoms with E-state index in [-0.39, 0.29) is 0 Å². The quantitative estimate of drug-likeness (QED) is 0.748. The summed E-state index contributed by atoms with van der Waals surface area (Å²) in [7, 11) is 0. The summed E-state index contributed by atoms with van der Waals surface area (Å²) < 4.78 is 0. The molecule has 1 aromatic heterocycles. The number of hydrogen-bond donors (Lipinski definition) is 1. The lowest BCUT2D eigenvalue weighted by atomic mass is 10.00. The van der Waals surface area contributed by atoms with Crippen LogP contribution in [0.1, 0.15) is 35.8 Å². The maximum absolute atomic E-state index is 3.70. The van der Waals surface area contributed by atoms with Gasteiger partial charge in [-0.15, -0.1) is 11.3 Å². The Labute approximate surface area is 127 Å². The van der Waals surface area contributed by atoms with Crippen molar-refractivity contribution in [2.45, 2.75) is 45.6 Å². The predicted octanol–water partition coefficient (Wildman–Crippen LogP) is 4.60. The molecule has 20 heavy (non-hydrogen) atoms. The van der Waals surface area contributed by atoms with Gasteiger partial charge in [-0.2, -0.15) is 0 Å².